The van der Waals surface area contributed by atoms with Gasteiger partial charge in [0.05, 0.1) is 5.69 Å². The molecule has 0 radical (unpaired) electrons. The summed E-state index contributed by atoms with van der Waals surface area (Å²) in [5, 5.41) is 6.23. The number of amides is 1. The summed E-state index contributed by atoms with van der Waals surface area (Å²) < 4.78 is 0. The molecule has 0 saturated carbocycles. The predicted octanol–water partition coefficient (Wildman–Crippen LogP) is 0.853. The van der Waals surface area contributed by atoms with E-state index in [0.717, 1.165) is 10.8 Å². The van der Waals surface area contributed by atoms with E-state index in [1.54, 1.807) is 14.1 Å². The van der Waals surface area contributed by atoms with Crippen molar-refractivity contribution in [2.75, 3.05) is 19.4 Å². The number of nitrogens with zero attached hydrogens (tertiary/aromatic N) is 1. The minimum absolute atomic E-state index is 0.0773. The summed E-state index contributed by atoms with van der Waals surface area (Å²) in [5.74, 6) is -0.0773. The molecule has 1 heterocycles. The third-order valence-corrected chi connectivity index (χ3v) is 2.62. The number of aromatic nitrogens is 1. The lowest BCUT2D eigenvalue weighted by molar-refractivity contribution is 0.0966. The smallest absolute Gasteiger partial charge is 0.263 e. The predicted molar refractivity (Wildman–Crippen MR) is 49.8 cm³/mol. The highest BCUT2D eigenvalue weighted by Gasteiger charge is 2.12. The minimum Gasteiger partial charge on any atom is -0.365 e. The molecule has 0 atom stereocenters. The average molecular weight is 185 g/mol. The van der Waals surface area contributed by atoms with Gasteiger partial charge < -0.3 is 10.6 Å². The van der Waals surface area contributed by atoms with Crippen molar-refractivity contribution in [3.63, 3.8) is 0 Å². The molecule has 0 aliphatic rings. The number of anilines is 1. The Kier molecular flexibility index (Phi) is 2.65. The SMILES string of the molecule is CNC(=O)c1sc(NC)nc1C. The lowest BCUT2D eigenvalue weighted by Crippen LogP contribution is -2.17. The van der Waals surface area contributed by atoms with Crippen LogP contribution in [0.15, 0.2) is 0 Å². The van der Waals surface area contributed by atoms with Gasteiger partial charge in [-0.3, -0.25) is 4.79 Å². The fourth-order valence-corrected chi connectivity index (χ4v) is 1.69. The van der Waals surface area contributed by atoms with Gasteiger partial charge in [-0.25, -0.2) is 4.98 Å². The van der Waals surface area contributed by atoms with Gasteiger partial charge in [-0.2, -0.15) is 0 Å². The van der Waals surface area contributed by atoms with E-state index >= 15 is 0 Å². The van der Waals surface area contributed by atoms with E-state index in [1.807, 2.05) is 6.92 Å². The number of nitrogens with one attached hydrogen (secondary N) is 2. The molecule has 1 rings (SSSR count). The van der Waals surface area contributed by atoms with Crippen molar-refractivity contribution < 1.29 is 4.79 Å². The van der Waals surface area contributed by atoms with Crippen molar-refractivity contribution in [2.24, 2.45) is 0 Å². The van der Waals surface area contributed by atoms with Gasteiger partial charge in [0.2, 0.25) is 0 Å². The third kappa shape index (κ3) is 1.55. The van der Waals surface area contributed by atoms with Crippen molar-refractivity contribution in [1.29, 1.82) is 0 Å². The molecule has 0 fully saturated rings. The summed E-state index contributed by atoms with van der Waals surface area (Å²) in [6.45, 7) is 1.82. The maximum atomic E-state index is 11.2. The van der Waals surface area contributed by atoms with Crippen LogP contribution in [0.3, 0.4) is 0 Å². The van der Waals surface area contributed by atoms with Crippen LogP contribution in [0, 0.1) is 6.92 Å². The Morgan fingerprint density at radius 1 is 1.50 bits per heavy atom. The zero-order valence-electron chi connectivity index (χ0n) is 7.26. The van der Waals surface area contributed by atoms with Gasteiger partial charge in [0.1, 0.15) is 4.88 Å². The van der Waals surface area contributed by atoms with Crippen LogP contribution < -0.4 is 10.6 Å². The highest BCUT2D eigenvalue weighted by atomic mass is 32.1. The molecule has 12 heavy (non-hydrogen) atoms. The molecule has 0 aliphatic heterocycles. The number of carbonyl (C=O) groups excluding carboxylic acids is 1. The van der Waals surface area contributed by atoms with Crippen LogP contribution in [-0.4, -0.2) is 25.0 Å². The van der Waals surface area contributed by atoms with Gasteiger partial charge in [-0.05, 0) is 6.92 Å². The summed E-state index contributed by atoms with van der Waals surface area (Å²) in [7, 11) is 3.40. The summed E-state index contributed by atoms with van der Waals surface area (Å²) in [6, 6.07) is 0. The minimum atomic E-state index is -0.0773. The molecule has 1 aromatic rings. The van der Waals surface area contributed by atoms with Crippen LogP contribution in [-0.2, 0) is 0 Å². The average Bonchev–Trinajstić information content (AvgIpc) is 2.45. The van der Waals surface area contributed by atoms with Crippen molar-refractivity contribution in [1.82, 2.24) is 10.3 Å². The second kappa shape index (κ2) is 3.53. The molecule has 0 unspecified atom stereocenters. The lowest BCUT2D eigenvalue weighted by atomic mass is 10.4. The Balaban J connectivity index is 2.99. The highest BCUT2D eigenvalue weighted by Crippen LogP contribution is 2.21. The van der Waals surface area contributed by atoms with E-state index in [9.17, 15) is 4.79 Å². The monoisotopic (exact) mass is 185 g/mol. The number of carbonyl (C=O) groups is 1. The standard InChI is InChI=1S/C7H11N3OS/c1-4-5(6(11)8-2)12-7(9-3)10-4/h1-3H3,(H,8,11)(H,9,10). The number of aryl methyl sites for hydroxylation is 1. The fraction of sp³-hybridized carbons (Fsp3) is 0.429. The van der Waals surface area contributed by atoms with Gasteiger partial charge in [-0.15, -0.1) is 0 Å². The zero-order valence-corrected chi connectivity index (χ0v) is 8.08. The van der Waals surface area contributed by atoms with Crippen LogP contribution in [0.1, 0.15) is 15.4 Å². The molecular weight excluding hydrogens is 174 g/mol. The number of hydrogen-bond acceptors (Lipinski definition) is 4. The first kappa shape index (κ1) is 8.99. The first-order valence-electron chi connectivity index (χ1n) is 3.56. The Labute approximate surface area is 75.0 Å². The zero-order chi connectivity index (χ0) is 9.14. The van der Waals surface area contributed by atoms with Crippen LogP contribution in [0.4, 0.5) is 5.13 Å². The first-order valence-corrected chi connectivity index (χ1v) is 4.38. The topological polar surface area (TPSA) is 54.0 Å². The van der Waals surface area contributed by atoms with Crippen molar-refractivity contribution in [2.45, 2.75) is 6.92 Å². The molecule has 66 valence electrons. The highest BCUT2D eigenvalue weighted by molar-refractivity contribution is 7.17. The van der Waals surface area contributed by atoms with Gasteiger partial charge in [0.15, 0.2) is 5.13 Å². The molecular formula is C7H11N3OS. The third-order valence-electron chi connectivity index (χ3n) is 1.44. The fourth-order valence-electron chi connectivity index (χ4n) is 0.828. The van der Waals surface area contributed by atoms with Crippen LogP contribution in [0.25, 0.3) is 0 Å². The van der Waals surface area contributed by atoms with Gasteiger partial charge in [-0.1, -0.05) is 11.3 Å². The van der Waals surface area contributed by atoms with E-state index in [4.69, 9.17) is 0 Å². The lowest BCUT2D eigenvalue weighted by Gasteiger charge is -1.93. The Hall–Kier alpha value is -1.10. The second-order valence-electron chi connectivity index (χ2n) is 2.26. The number of hydrogen-bond donors (Lipinski definition) is 2. The largest absolute Gasteiger partial charge is 0.365 e. The van der Waals surface area contributed by atoms with Gasteiger partial charge in [0.25, 0.3) is 5.91 Å². The van der Waals surface area contributed by atoms with Gasteiger partial charge >= 0.3 is 0 Å². The molecule has 0 bridgehead atoms. The second-order valence-corrected chi connectivity index (χ2v) is 3.26. The normalized spacial score (nSPS) is 9.58. The van der Waals surface area contributed by atoms with E-state index in [0.29, 0.717) is 4.88 Å². The number of rotatable bonds is 2. The summed E-state index contributed by atoms with van der Waals surface area (Å²) >= 11 is 1.36. The molecule has 0 aromatic carbocycles. The van der Waals surface area contributed by atoms with Crippen molar-refractivity contribution in [3.8, 4) is 0 Å². The molecule has 2 N–H and O–H groups in total. The molecule has 0 aliphatic carbocycles. The van der Waals surface area contributed by atoms with Crippen LogP contribution >= 0.6 is 11.3 Å². The van der Waals surface area contributed by atoms with Crippen molar-refractivity contribution in [3.05, 3.63) is 10.6 Å². The molecule has 1 aromatic heterocycles. The number of thiazole rings is 1. The van der Waals surface area contributed by atoms with E-state index in [2.05, 4.69) is 15.6 Å². The Morgan fingerprint density at radius 2 is 2.17 bits per heavy atom. The Morgan fingerprint density at radius 3 is 2.58 bits per heavy atom. The summed E-state index contributed by atoms with van der Waals surface area (Å²) in [6.07, 6.45) is 0. The van der Waals surface area contributed by atoms with Crippen LogP contribution in [0.2, 0.25) is 0 Å². The van der Waals surface area contributed by atoms with Crippen LogP contribution in [0.5, 0.6) is 0 Å². The van der Waals surface area contributed by atoms with E-state index in [1.165, 1.54) is 11.3 Å². The van der Waals surface area contributed by atoms with E-state index in [-0.39, 0.29) is 5.91 Å². The summed E-state index contributed by atoms with van der Waals surface area (Å²) in [4.78, 5) is 16.0. The molecule has 5 heteroatoms. The quantitative estimate of drug-likeness (QED) is 0.718. The molecule has 1 amide bonds. The van der Waals surface area contributed by atoms with Crippen molar-refractivity contribution >= 4 is 22.4 Å². The van der Waals surface area contributed by atoms with E-state index < -0.39 is 0 Å². The summed E-state index contributed by atoms with van der Waals surface area (Å²) in [5.41, 5.74) is 0.767. The molecule has 0 spiro atoms. The van der Waals surface area contributed by atoms with Gasteiger partial charge in [0, 0.05) is 14.1 Å². The first-order chi connectivity index (χ1) is 5.69. The Bertz CT molecular complexity index is 295. The maximum absolute atomic E-state index is 11.2. The molecule has 4 nitrogen and oxygen atoms in total. The molecule has 0 saturated heterocycles. The maximum Gasteiger partial charge on any atom is 0.263 e.